The fourth-order valence-electron chi connectivity index (χ4n) is 5.51. The van der Waals surface area contributed by atoms with Crippen molar-refractivity contribution in [2.45, 2.75) is 18.3 Å². The normalized spacial score (nSPS) is 17.9. The molecule has 1 nitrogen and oxygen atoms in total. The van der Waals surface area contributed by atoms with Crippen LogP contribution in [-0.2, 0) is 5.41 Å². The van der Waals surface area contributed by atoms with Gasteiger partial charge < -0.3 is 4.74 Å². The smallest absolute Gasteiger partial charge is 0.127 e. The van der Waals surface area contributed by atoms with E-state index >= 15 is 0 Å². The summed E-state index contributed by atoms with van der Waals surface area (Å²) in [7, 11) is 0. The third-order valence-corrected chi connectivity index (χ3v) is 7.57. The zero-order valence-electron chi connectivity index (χ0n) is 19.4. The summed E-state index contributed by atoms with van der Waals surface area (Å²) >= 11 is 3.75. The van der Waals surface area contributed by atoms with Crippen LogP contribution in [0.4, 0.5) is 0 Å². The van der Waals surface area contributed by atoms with Gasteiger partial charge in [-0.05, 0) is 88.2 Å². The molecule has 35 heavy (non-hydrogen) atoms. The van der Waals surface area contributed by atoms with E-state index in [1.807, 2.05) is 30.3 Å². The summed E-state index contributed by atoms with van der Waals surface area (Å²) in [6.45, 7) is 3.82. The van der Waals surface area contributed by atoms with Gasteiger partial charge in [0.2, 0.25) is 0 Å². The number of allylic oxidation sites excluding steroid dienone is 4. The number of hydrogen-bond donors (Lipinski definition) is 0. The van der Waals surface area contributed by atoms with Crippen LogP contribution < -0.4 is 4.74 Å². The quantitative estimate of drug-likeness (QED) is 0.256. The number of benzene rings is 4. The molecule has 0 fully saturated rings. The first-order chi connectivity index (χ1) is 17.2. The summed E-state index contributed by atoms with van der Waals surface area (Å²) in [6, 6.07) is 32.1. The molecule has 1 unspecified atom stereocenters. The van der Waals surface area contributed by atoms with E-state index in [2.05, 4.69) is 107 Å². The second-order valence-corrected chi connectivity index (χ2v) is 9.94. The van der Waals surface area contributed by atoms with Crippen LogP contribution in [0.1, 0.15) is 35.1 Å². The Hall–Kier alpha value is -3.62. The van der Waals surface area contributed by atoms with Crippen LogP contribution in [0.2, 0.25) is 0 Å². The summed E-state index contributed by atoms with van der Waals surface area (Å²) in [5.41, 5.74) is 8.54. The summed E-state index contributed by atoms with van der Waals surface area (Å²) < 4.78 is 7.26. The van der Waals surface area contributed by atoms with E-state index in [1.165, 1.54) is 33.4 Å². The van der Waals surface area contributed by atoms with Gasteiger partial charge in [-0.2, -0.15) is 0 Å². The molecule has 0 aromatic heterocycles. The lowest BCUT2D eigenvalue weighted by atomic mass is 9.66. The molecule has 0 radical (unpaired) electrons. The van der Waals surface area contributed by atoms with Gasteiger partial charge in [0, 0.05) is 4.47 Å². The Balaban J connectivity index is 1.51. The van der Waals surface area contributed by atoms with Crippen LogP contribution in [0.3, 0.4) is 0 Å². The Labute approximate surface area is 215 Å². The number of ether oxygens (including phenoxy) is 1. The fraction of sp³-hybridized carbons (Fsp3) is 0.0909. The summed E-state index contributed by atoms with van der Waals surface area (Å²) in [5, 5.41) is 0. The fourth-order valence-corrected chi connectivity index (χ4v) is 5.87. The van der Waals surface area contributed by atoms with Crippen LogP contribution in [0.15, 0.2) is 126 Å². The van der Waals surface area contributed by atoms with Crippen molar-refractivity contribution in [3.05, 3.63) is 148 Å². The molecule has 2 aliphatic rings. The molecule has 0 amide bonds. The van der Waals surface area contributed by atoms with Gasteiger partial charge in [-0.25, -0.2) is 0 Å². The topological polar surface area (TPSA) is 9.23 Å². The van der Waals surface area contributed by atoms with Gasteiger partial charge >= 0.3 is 0 Å². The highest BCUT2D eigenvalue weighted by molar-refractivity contribution is 9.10. The van der Waals surface area contributed by atoms with Gasteiger partial charge in [0.05, 0.1) is 5.41 Å². The third-order valence-electron chi connectivity index (χ3n) is 7.07. The van der Waals surface area contributed by atoms with Crippen molar-refractivity contribution < 1.29 is 4.74 Å². The minimum Gasteiger partial charge on any atom is -0.457 e. The zero-order chi connectivity index (χ0) is 23.8. The second-order valence-electron chi connectivity index (χ2n) is 9.02. The Bertz CT molecular complexity index is 1470. The molecule has 4 aromatic rings. The van der Waals surface area contributed by atoms with Crippen LogP contribution in [-0.4, -0.2) is 0 Å². The average Bonchev–Trinajstić information content (AvgIpc) is 3.20. The van der Waals surface area contributed by atoms with E-state index in [4.69, 9.17) is 4.74 Å². The highest BCUT2D eigenvalue weighted by Crippen LogP contribution is 2.57. The molecule has 0 saturated heterocycles. The molecular formula is C33H25BrO. The number of rotatable bonds is 5. The average molecular weight is 517 g/mol. The third kappa shape index (κ3) is 3.61. The number of hydrogen-bond acceptors (Lipinski definition) is 1. The number of halogens is 1. The monoisotopic (exact) mass is 516 g/mol. The summed E-state index contributed by atoms with van der Waals surface area (Å²) in [6.07, 6.45) is 11.0. The molecule has 6 rings (SSSR count). The first-order valence-corrected chi connectivity index (χ1v) is 12.8. The van der Waals surface area contributed by atoms with Gasteiger partial charge in [0.1, 0.15) is 11.5 Å². The Kier molecular flexibility index (Phi) is 5.54. The van der Waals surface area contributed by atoms with Crippen molar-refractivity contribution >= 4 is 22.0 Å². The lowest BCUT2D eigenvalue weighted by molar-refractivity contribution is 0.482. The van der Waals surface area contributed by atoms with Gasteiger partial charge in [0.25, 0.3) is 0 Å². The molecular weight excluding hydrogens is 492 g/mol. The highest BCUT2D eigenvalue weighted by Gasteiger charge is 2.46. The van der Waals surface area contributed by atoms with Gasteiger partial charge in [-0.15, -0.1) is 0 Å². The van der Waals surface area contributed by atoms with Crippen LogP contribution in [0.25, 0.3) is 17.2 Å². The van der Waals surface area contributed by atoms with Crippen LogP contribution >= 0.6 is 15.9 Å². The molecule has 2 heteroatoms. The molecule has 0 spiro atoms. The zero-order valence-corrected chi connectivity index (χ0v) is 21.0. The van der Waals surface area contributed by atoms with Gasteiger partial charge in [-0.3, -0.25) is 0 Å². The van der Waals surface area contributed by atoms with Crippen molar-refractivity contribution in [1.29, 1.82) is 0 Å². The summed E-state index contributed by atoms with van der Waals surface area (Å²) in [4.78, 5) is 0. The lowest BCUT2D eigenvalue weighted by Gasteiger charge is -2.35. The maximum Gasteiger partial charge on any atom is 0.127 e. The molecule has 4 aromatic carbocycles. The Morgan fingerprint density at radius 2 is 1.49 bits per heavy atom. The van der Waals surface area contributed by atoms with Crippen molar-refractivity contribution in [3.8, 4) is 22.6 Å². The van der Waals surface area contributed by atoms with E-state index in [9.17, 15) is 0 Å². The Morgan fingerprint density at radius 3 is 2.20 bits per heavy atom. The first-order valence-electron chi connectivity index (χ1n) is 12.0. The first kappa shape index (κ1) is 21.9. The maximum atomic E-state index is 6.16. The predicted octanol–water partition coefficient (Wildman–Crippen LogP) is 9.48. The minimum atomic E-state index is -0.364. The molecule has 170 valence electrons. The van der Waals surface area contributed by atoms with E-state index in [0.29, 0.717) is 0 Å². The summed E-state index contributed by atoms with van der Waals surface area (Å²) in [5.74, 6) is 1.64. The van der Waals surface area contributed by atoms with Gasteiger partial charge in [-0.1, -0.05) is 101 Å². The molecule has 0 bridgehead atoms. The van der Waals surface area contributed by atoms with Crippen LogP contribution in [0.5, 0.6) is 11.5 Å². The number of fused-ring (bicyclic) bond motifs is 3. The SMILES string of the molecule is C=Cc1ccc(Oc2ccc(C3(C4=CCCC=C4)c4ccccc4-c4ccc(Br)cc43)cc2)cc1. The lowest BCUT2D eigenvalue weighted by Crippen LogP contribution is -2.29. The van der Waals surface area contributed by atoms with Crippen LogP contribution in [0, 0.1) is 0 Å². The molecule has 0 aliphatic heterocycles. The Morgan fingerprint density at radius 1 is 0.771 bits per heavy atom. The molecule has 1 atom stereocenters. The predicted molar refractivity (Wildman–Crippen MR) is 149 cm³/mol. The molecule has 0 saturated carbocycles. The standard InChI is InChI=1S/C33H25BrO/c1-2-23-12-17-27(18-13-23)35-28-19-14-25(15-20-28)33(24-8-4-3-5-9-24)31-11-7-6-10-29(31)30-21-16-26(34)22-32(30)33/h2,4,6-22H,1,3,5H2. The van der Waals surface area contributed by atoms with E-state index in [-0.39, 0.29) is 5.41 Å². The highest BCUT2D eigenvalue weighted by atomic mass is 79.9. The maximum absolute atomic E-state index is 6.16. The molecule has 0 heterocycles. The second kappa shape index (κ2) is 8.87. The molecule has 2 aliphatic carbocycles. The van der Waals surface area contributed by atoms with E-state index in [0.717, 1.165) is 34.4 Å². The van der Waals surface area contributed by atoms with Crippen molar-refractivity contribution in [1.82, 2.24) is 0 Å². The van der Waals surface area contributed by atoms with E-state index in [1.54, 1.807) is 0 Å². The van der Waals surface area contributed by atoms with Crippen molar-refractivity contribution in [2.75, 3.05) is 0 Å². The molecule has 0 N–H and O–H groups in total. The van der Waals surface area contributed by atoms with Crippen molar-refractivity contribution in [3.63, 3.8) is 0 Å². The minimum absolute atomic E-state index is 0.364. The largest absolute Gasteiger partial charge is 0.457 e. The van der Waals surface area contributed by atoms with Crippen molar-refractivity contribution in [2.24, 2.45) is 0 Å². The van der Waals surface area contributed by atoms with Gasteiger partial charge in [0.15, 0.2) is 0 Å². The van der Waals surface area contributed by atoms with E-state index < -0.39 is 0 Å².